The number of thioether (sulfide) groups is 1. The molecule has 3 heterocycles. The zero-order valence-corrected chi connectivity index (χ0v) is 16.3. The van der Waals surface area contributed by atoms with Gasteiger partial charge in [0.05, 0.1) is 16.7 Å². The van der Waals surface area contributed by atoms with Gasteiger partial charge in [0.15, 0.2) is 5.82 Å². The van der Waals surface area contributed by atoms with E-state index in [9.17, 15) is 0 Å². The van der Waals surface area contributed by atoms with Gasteiger partial charge in [-0.15, -0.1) is 10.2 Å². The molecule has 0 saturated heterocycles. The maximum atomic E-state index is 4.48. The predicted octanol–water partition coefficient (Wildman–Crippen LogP) is 3.87. The zero-order chi connectivity index (χ0) is 19.4. The molecule has 0 aliphatic carbocycles. The van der Waals surface area contributed by atoms with Crippen LogP contribution in [0.3, 0.4) is 0 Å². The van der Waals surface area contributed by atoms with Crippen molar-refractivity contribution >= 4 is 39.5 Å². The average molecular weight is 397 g/mol. The fourth-order valence-corrected chi connectivity index (χ4v) is 4.78. The van der Waals surface area contributed by atoms with Gasteiger partial charge in [-0.05, 0) is 36.4 Å². The minimum atomic E-state index is 0.802. The van der Waals surface area contributed by atoms with E-state index in [1.807, 2.05) is 64.0 Å². The van der Waals surface area contributed by atoms with Crippen LogP contribution in [0.5, 0.6) is 0 Å². The van der Waals surface area contributed by atoms with Gasteiger partial charge in [0.1, 0.15) is 16.1 Å². The molecule has 0 radical (unpaired) electrons. The van der Waals surface area contributed by atoms with E-state index in [4.69, 9.17) is 0 Å². The molecule has 8 heteroatoms. The summed E-state index contributed by atoms with van der Waals surface area (Å²) in [5, 5.41) is 18.7. The average Bonchev–Trinajstić information content (AvgIpc) is 3.46. The van der Waals surface area contributed by atoms with Gasteiger partial charge < -0.3 is 4.90 Å². The highest BCUT2D eigenvalue weighted by molar-refractivity contribution is 8.03. The third-order valence-corrected chi connectivity index (χ3v) is 6.25. The Morgan fingerprint density at radius 3 is 1.90 bits per heavy atom. The molecule has 0 bridgehead atoms. The molecule has 0 atom stereocenters. The molecule has 7 nitrogen and oxygen atoms in total. The van der Waals surface area contributed by atoms with Crippen LogP contribution in [0.15, 0.2) is 82.7 Å². The van der Waals surface area contributed by atoms with Crippen molar-refractivity contribution in [1.29, 1.82) is 0 Å². The summed E-state index contributed by atoms with van der Waals surface area (Å²) in [6.45, 7) is 0. The SMILES string of the molecule is CN1C(=C(n2nnc3ccccc32)n2nnc3ccccc32)Sc2ccccc21. The van der Waals surface area contributed by atoms with E-state index < -0.39 is 0 Å². The van der Waals surface area contributed by atoms with E-state index in [1.54, 1.807) is 11.8 Å². The topological polar surface area (TPSA) is 64.7 Å². The lowest BCUT2D eigenvalue weighted by Crippen LogP contribution is -2.22. The number of benzene rings is 3. The second-order valence-corrected chi connectivity index (χ2v) is 7.77. The lowest BCUT2D eigenvalue weighted by molar-refractivity contribution is 0.607. The molecule has 0 spiro atoms. The van der Waals surface area contributed by atoms with Crippen molar-refractivity contribution in [2.24, 2.45) is 0 Å². The van der Waals surface area contributed by atoms with Gasteiger partial charge in [0.2, 0.25) is 0 Å². The normalized spacial score (nSPS) is 13.4. The van der Waals surface area contributed by atoms with Crippen molar-refractivity contribution < 1.29 is 0 Å². The number of para-hydroxylation sites is 3. The van der Waals surface area contributed by atoms with Crippen molar-refractivity contribution in [2.75, 3.05) is 11.9 Å². The first-order valence-corrected chi connectivity index (χ1v) is 9.99. The summed E-state index contributed by atoms with van der Waals surface area (Å²) in [5.41, 5.74) is 4.65. The van der Waals surface area contributed by atoms with Crippen molar-refractivity contribution in [1.82, 2.24) is 30.0 Å². The molecule has 1 aliphatic heterocycles. The highest BCUT2D eigenvalue weighted by Gasteiger charge is 2.29. The van der Waals surface area contributed by atoms with Crippen molar-refractivity contribution in [3.8, 4) is 0 Å². The Morgan fingerprint density at radius 1 is 0.724 bits per heavy atom. The lowest BCUT2D eigenvalue weighted by Gasteiger charge is -2.18. The van der Waals surface area contributed by atoms with E-state index in [2.05, 4.69) is 50.8 Å². The molecule has 0 amide bonds. The number of nitrogens with zero attached hydrogens (tertiary/aromatic N) is 7. The van der Waals surface area contributed by atoms with Crippen molar-refractivity contribution in [3.05, 3.63) is 83.6 Å². The molecule has 0 N–H and O–H groups in total. The summed E-state index contributed by atoms with van der Waals surface area (Å²) in [6.07, 6.45) is 0. The standard InChI is InChI=1S/C21H15N7S/c1-26-18-12-6-7-13-19(18)29-21(26)20(27-16-10-4-2-8-14(16)22-24-27)28-17-11-5-3-9-15(17)23-25-28/h2-13H,1H3. The first-order valence-electron chi connectivity index (χ1n) is 9.18. The fraction of sp³-hybridized carbons (Fsp3) is 0.0476. The van der Waals surface area contributed by atoms with E-state index in [0.29, 0.717) is 0 Å². The molecule has 0 fully saturated rings. The van der Waals surface area contributed by atoms with Crippen LogP contribution in [-0.4, -0.2) is 37.0 Å². The van der Waals surface area contributed by atoms with Crippen LogP contribution < -0.4 is 4.90 Å². The van der Waals surface area contributed by atoms with E-state index in [-0.39, 0.29) is 0 Å². The molecule has 5 aromatic rings. The Morgan fingerprint density at radius 2 is 1.28 bits per heavy atom. The molecule has 1 aliphatic rings. The summed E-state index contributed by atoms with van der Waals surface area (Å²) < 4.78 is 3.70. The largest absolute Gasteiger partial charge is 0.335 e. The first-order chi connectivity index (χ1) is 14.3. The molecular formula is C21H15N7S. The molecule has 2 aromatic heterocycles. The smallest absolute Gasteiger partial charge is 0.190 e. The number of rotatable bonds is 2. The van der Waals surface area contributed by atoms with Gasteiger partial charge >= 0.3 is 0 Å². The third kappa shape index (κ3) is 2.39. The molecule has 0 saturated carbocycles. The zero-order valence-electron chi connectivity index (χ0n) is 15.5. The Hall–Kier alpha value is -3.65. The maximum Gasteiger partial charge on any atom is 0.190 e. The van der Waals surface area contributed by atoms with E-state index >= 15 is 0 Å². The second kappa shape index (κ2) is 6.18. The van der Waals surface area contributed by atoms with Crippen LogP contribution in [0.1, 0.15) is 0 Å². The van der Waals surface area contributed by atoms with Gasteiger partial charge in [0, 0.05) is 11.9 Å². The van der Waals surface area contributed by atoms with Crippen LogP contribution in [0.4, 0.5) is 5.69 Å². The Labute approximate surface area is 170 Å². The highest BCUT2D eigenvalue weighted by atomic mass is 32.2. The summed E-state index contributed by atoms with van der Waals surface area (Å²) in [6, 6.07) is 24.2. The summed E-state index contributed by atoms with van der Waals surface area (Å²) in [4.78, 5) is 3.36. The maximum absolute atomic E-state index is 4.48. The predicted molar refractivity (Wildman–Crippen MR) is 113 cm³/mol. The van der Waals surface area contributed by atoms with Crippen LogP contribution in [-0.2, 0) is 0 Å². The number of anilines is 1. The minimum absolute atomic E-state index is 0.802. The van der Waals surface area contributed by atoms with Crippen LogP contribution in [0.25, 0.3) is 22.1 Å². The number of aromatic nitrogens is 6. The van der Waals surface area contributed by atoms with Gasteiger partial charge in [0.25, 0.3) is 0 Å². The van der Waals surface area contributed by atoms with Crippen molar-refractivity contribution in [2.45, 2.75) is 4.90 Å². The highest BCUT2D eigenvalue weighted by Crippen LogP contribution is 2.46. The number of hydrogen-bond acceptors (Lipinski definition) is 6. The third-order valence-electron chi connectivity index (χ3n) is 5.03. The van der Waals surface area contributed by atoms with E-state index in [0.717, 1.165) is 38.6 Å². The molecule has 140 valence electrons. The summed E-state index contributed by atoms with van der Waals surface area (Å²) in [5.74, 6) is 0.802. The summed E-state index contributed by atoms with van der Waals surface area (Å²) >= 11 is 1.69. The monoisotopic (exact) mass is 397 g/mol. The Balaban J connectivity index is 1.69. The molecule has 3 aromatic carbocycles. The number of fused-ring (bicyclic) bond motifs is 3. The van der Waals surface area contributed by atoms with Crippen LogP contribution in [0.2, 0.25) is 0 Å². The quantitative estimate of drug-likeness (QED) is 0.451. The van der Waals surface area contributed by atoms with Crippen LogP contribution in [0, 0.1) is 5.82 Å². The Kier molecular flexibility index (Phi) is 3.48. The van der Waals surface area contributed by atoms with Gasteiger partial charge in [-0.2, -0.15) is 9.36 Å². The Bertz CT molecular complexity index is 1340. The second-order valence-electron chi connectivity index (χ2n) is 6.74. The van der Waals surface area contributed by atoms with Gasteiger partial charge in [-0.25, -0.2) is 0 Å². The van der Waals surface area contributed by atoms with Crippen molar-refractivity contribution in [3.63, 3.8) is 0 Å². The fourth-order valence-electron chi connectivity index (χ4n) is 3.62. The summed E-state index contributed by atoms with van der Waals surface area (Å²) in [7, 11) is 2.06. The number of hydrogen-bond donors (Lipinski definition) is 0. The molecule has 0 unspecified atom stereocenters. The molecular weight excluding hydrogens is 382 g/mol. The van der Waals surface area contributed by atoms with Gasteiger partial charge in [-0.1, -0.05) is 58.6 Å². The minimum Gasteiger partial charge on any atom is -0.335 e. The van der Waals surface area contributed by atoms with E-state index in [1.165, 1.54) is 4.90 Å². The molecule has 6 rings (SSSR count). The lowest BCUT2D eigenvalue weighted by atomic mass is 10.3. The first kappa shape index (κ1) is 16.3. The molecule has 29 heavy (non-hydrogen) atoms. The van der Waals surface area contributed by atoms with Gasteiger partial charge in [-0.3, -0.25) is 0 Å². The van der Waals surface area contributed by atoms with Crippen LogP contribution >= 0.6 is 11.8 Å².